The van der Waals surface area contributed by atoms with Crippen LogP contribution in [0.4, 0.5) is 0 Å². The van der Waals surface area contributed by atoms with Crippen LogP contribution < -0.4 is 5.32 Å². The molecule has 1 N–H and O–H groups in total. The predicted octanol–water partition coefficient (Wildman–Crippen LogP) is 2.14. The number of carbonyl (C=O) groups is 1. The summed E-state index contributed by atoms with van der Waals surface area (Å²) < 4.78 is 1.77. The van der Waals surface area contributed by atoms with Crippen LogP contribution in [0.2, 0.25) is 0 Å². The Labute approximate surface area is 107 Å². The summed E-state index contributed by atoms with van der Waals surface area (Å²) in [6.45, 7) is 5.16. The molecule has 2 aromatic rings. The number of nitrogens with zero attached hydrogens (tertiary/aromatic N) is 2. The van der Waals surface area contributed by atoms with E-state index in [9.17, 15) is 4.79 Å². The molecule has 4 heteroatoms. The Morgan fingerprint density at radius 3 is 2.67 bits per heavy atom. The van der Waals surface area contributed by atoms with Crippen LogP contribution in [0.15, 0.2) is 36.5 Å². The van der Waals surface area contributed by atoms with Crippen molar-refractivity contribution >= 4 is 5.91 Å². The molecule has 0 saturated carbocycles. The van der Waals surface area contributed by atoms with Gasteiger partial charge in [-0.15, -0.1) is 0 Å². The van der Waals surface area contributed by atoms with Crippen LogP contribution in [0.5, 0.6) is 0 Å². The second kappa shape index (κ2) is 5.49. The van der Waals surface area contributed by atoms with Crippen molar-refractivity contribution in [2.45, 2.75) is 26.9 Å². The Morgan fingerprint density at radius 2 is 2.06 bits per heavy atom. The fourth-order valence-electron chi connectivity index (χ4n) is 1.78. The van der Waals surface area contributed by atoms with Gasteiger partial charge in [-0.3, -0.25) is 9.48 Å². The van der Waals surface area contributed by atoms with Crippen molar-refractivity contribution in [3.63, 3.8) is 0 Å². The normalized spacial score (nSPS) is 10.3. The molecule has 0 fully saturated rings. The Balaban J connectivity index is 2.01. The van der Waals surface area contributed by atoms with Gasteiger partial charge < -0.3 is 5.32 Å². The SMILES string of the molecule is CCn1cc(C(=O)NCc2ccccc2)c(C)n1. The smallest absolute Gasteiger partial charge is 0.255 e. The molecule has 0 aliphatic heterocycles. The highest BCUT2D eigenvalue weighted by Gasteiger charge is 2.12. The molecule has 1 aromatic carbocycles. The van der Waals surface area contributed by atoms with E-state index in [1.165, 1.54) is 0 Å². The maximum Gasteiger partial charge on any atom is 0.255 e. The minimum Gasteiger partial charge on any atom is -0.348 e. The minimum absolute atomic E-state index is 0.0731. The molecular formula is C14H17N3O. The molecule has 1 aromatic heterocycles. The molecule has 0 saturated heterocycles. The summed E-state index contributed by atoms with van der Waals surface area (Å²) in [5, 5.41) is 7.16. The van der Waals surface area contributed by atoms with Gasteiger partial charge in [-0.05, 0) is 19.4 Å². The van der Waals surface area contributed by atoms with E-state index in [1.54, 1.807) is 10.9 Å². The van der Waals surface area contributed by atoms with Crippen molar-refractivity contribution in [2.24, 2.45) is 0 Å². The summed E-state index contributed by atoms with van der Waals surface area (Å²) in [6.07, 6.45) is 1.79. The Morgan fingerprint density at radius 1 is 1.33 bits per heavy atom. The molecule has 94 valence electrons. The molecule has 4 nitrogen and oxygen atoms in total. The number of aromatic nitrogens is 2. The molecule has 0 atom stereocenters. The number of nitrogens with one attached hydrogen (secondary N) is 1. The summed E-state index contributed by atoms with van der Waals surface area (Å²) in [5.41, 5.74) is 2.50. The van der Waals surface area contributed by atoms with Gasteiger partial charge in [0.05, 0.1) is 11.3 Å². The van der Waals surface area contributed by atoms with Crippen molar-refractivity contribution in [2.75, 3.05) is 0 Å². The van der Waals surface area contributed by atoms with Crippen LogP contribution in [-0.2, 0) is 13.1 Å². The predicted molar refractivity (Wildman–Crippen MR) is 70.3 cm³/mol. The van der Waals surface area contributed by atoms with Crippen molar-refractivity contribution in [1.82, 2.24) is 15.1 Å². The van der Waals surface area contributed by atoms with Gasteiger partial charge in [-0.2, -0.15) is 5.10 Å². The van der Waals surface area contributed by atoms with Crippen LogP contribution in [0.25, 0.3) is 0 Å². The van der Waals surface area contributed by atoms with Crippen molar-refractivity contribution < 1.29 is 4.79 Å². The lowest BCUT2D eigenvalue weighted by Gasteiger charge is -2.03. The molecule has 2 rings (SSSR count). The lowest BCUT2D eigenvalue weighted by molar-refractivity contribution is 0.0950. The first kappa shape index (κ1) is 12.4. The second-order valence-electron chi connectivity index (χ2n) is 4.15. The average Bonchev–Trinajstić information content (AvgIpc) is 2.78. The molecular weight excluding hydrogens is 226 g/mol. The molecule has 1 amide bonds. The van der Waals surface area contributed by atoms with E-state index in [4.69, 9.17) is 0 Å². The summed E-state index contributed by atoms with van der Waals surface area (Å²) in [4.78, 5) is 12.0. The molecule has 0 radical (unpaired) electrons. The van der Waals surface area contributed by atoms with E-state index >= 15 is 0 Å². The lowest BCUT2D eigenvalue weighted by atomic mass is 10.2. The standard InChI is InChI=1S/C14H17N3O/c1-3-17-10-13(11(2)16-17)14(18)15-9-12-7-5-4-6-8-12/h4-8,10H,3,9H2,1-2H3,(H,15,18). The van der Waals surface area contributed by atoms with Gasteiger partial charge in [-0.25, -0.2) is 0 Å². The number of hydrogen-bond donors (Lipinski definition) is 1. The van der Waals surface area contributed by atoms with Gasteiger partial charge in [0.15, 0.2) is 0 Å². The van der Waals surface area contributed by atoms with Crippen LogP contribution in [0.1, 0.15) is 28.5 Å². The third kappa shape index (κ3) is 2.77. The van der Waals surface area contributed by atoms with Gasteiger partial charge in [0, 0.05) is 19.3 Å². The third-order valence-corrected chi connectivity index (χ3v) is 2.81. The van der Waals surface area contributed by atoms with Crippen LogP contribution in [0.3, 0.4) is 0 Å². The van der Waals surface area contributed by atoms with Gasteiger partial charge >= 0.3 is 0 Å². The van der Waals surface area contributed by atoms with Crippen molar-refractivity contribution in [3.05, 3.63) is 53.3 Å². The van der Waals surface area contributed by atoms with Gasteiger partial charge in [0.25, 0.3) is 5.91 Å². The zero-order valence-corrected chi connectivity index (χ0v) is 10.7. The van der Waals surface area contributed by atoms with E-state index in [0.717, 1.165) is 17.8 Å². The highest BCUT2D eigenvalue weighted by molar-refractivity contribution is 5.94. The summed E-state index contributed by atoms with van der Waals surface area (Å²) in [6, 6.07) is 9.86. The second-order valence-corrected chi connectivity index (χ2v) is 4.15. The van der Waals surface area contributed by atoms with Gasteiger partial charge in [-0.1, -0.05) is 30.3 Å². The summed E-state index contributed by atoms with van der Waals surface area (Å²) in [5.74, 6) is -0.0731. The van der Waals surface area contributed by atoms with E-state index in [0.29, 0.717) is 12.1 Å². The first-order valence-electron chi connectivity index (χ1n) is 6.07. The zero-order valence-electron chi connectivity index (χ0n) is 10.7. The fourth-order valence-corrected chi connectivity index (χ4v) is 1.78. The highest BCUT2D eigenvalue weighted by atomic mass is 16.1. The van der Waals surface area contributed by atoms with Crippen LogP contribution in [0, 0.1) is 6.92 Å². The highest BCUT2D eigenvalue weighted by Crippen LogP contribution is 2.06. The number of rotatable bonds is 4. The Hall–Kier alpha value is -2.10. The fraction of sp³-hybridized carbons (Fsp3) is 0.286. The lowest BCUT2D eigenvalue weighted by Crippen LogP contribution is -2.23. The van der Waals surface area contributed by atoms with Gasteiger partial charge in [0.2, 0.25) is 0 Å². The zero-order chi connectivity index (χ0) is 13.0. The van der Waals surface area contributed by atoms with Crippen LogP contribution >= 0.6 is 0 Å². The first-order valence-corrected chi connectivity index (χ1v) is 6.07. The number of carbonyl (C=O) groups excluding carboxylic acids is 1. The largest absolute Gasteiger partial charge is 0.348 e. The maximum absolute atomic E-state index is 12.0. The Kier molecular flexibility index (Phi) is 3.77. The van der Waals surface area contributed by atoms with Crippen LogP contribution in [-0.4, -0.2) is 15.7 Å². The van der Waals surface area contributed by atoms with E-state index in [2.05, 4.69) is 10.4 Å². The van der Waals surface area contributed by atoms with Gasteiger partial charge in [0.1, 0.15) is 0 Å². The summed E-state index contributed by atoms with van der Waals surface area (Å²) in [7, 11) is 0. The molecule has 0 aliphatic carbocycles. The Bertz CT molecular complexity index is 531. The molecule has 1 heterocycles. The topological polar surface area (TPSA) is 46.9 Å². The number of hydrogen-bond acceptors (Lipinski definition) is 2. The first-order chi connectivity index (χ1) is 8.70. The number of amides is 1. The number of aryl methyl sites for hydroxylation is 2. The van der Waals surface area contributed by atoms with E-state index in [-0.39, 0.29) is 5.91 Å². The molecule has 0 aliphatic rings. The maximum atomic E-state index is 12.0. The molecule has 18 heavy (non-hydrogen) atoms. The summed E-state index contributed by atoms with van der Waals surface area (Å²) >= 11 is 0. The third-order valence-electron chi connectivity index (χ3n) is 2.81. The van der Waals surface area contributed by atoms with Crippen molar-refractivity contribution in [3.8, 4) is 0 Å². The average molecular weight is 243 g/mol. The number of benzene rings is 1. The minimum atomic E-state index is -0.0731. The quantitative estimate of drug-likeness (QED) is 0.894. The molecule has 0 unspecified atom stereocenters. The van der Waals surface area contributed by atoms with Crippen molar-refractivity contribution in [1.29, 1.82) is 0 Å². The molecule has 0 spiro atoms. The van der Waals surface area contributed by atoms with E-state index < -0.39 is 0 Å². The van der Waals surface area contributed by atoms with E-state index in [1.807, 2.05) is 44.2 Å². The monoisotopic (exact) mass is 243 g/mol. The molecule has 0 bridgehead atoms.